The first-order valence-corrected chi connectivity index (χ1v) is 8.93. The molecule has 0 bridgehead atoms. The number of piperidine rings is 2. The molecule has 0 spiro atoms. The molecule has 9 heteroatoms. The van der Waals surface area contributed by atoms with Crippen molar-refractivity contribution in [3.63, 3.8) is 0 Å². The Kier molecular flexibility index (Phi) is 5.77. The van der Waals surface area contributed by atoms with Gasteiger partial charge in [-0.2, -0.15) is 0 Å². The molecule has 0 aromatic rings. The quantitative estimate of drug-likeness (QED) is 0.641. The van der Waals surface area contributed by atoms with E-state index in [4.69, 9.17) is 16.2 Å². The fraction of sp³-hybridized carbons (Fsp3) is 0.824. The predicted molar refractivity (Wildman–Crippen MR) is 99.6 cm³/mol. The van der Waals surface area contributed by atoms with E-state index >= 15 is 0 Å². The van der Waals surface area contributed by atoms with Crippen LogP contribution < -0.4 is 16.8 Å². The third kappa shape index (κ3) is 4.59. The number of amides is 3. The number of primary amides is 2. The van der Waals surface area contributed by atoms with Gasteiger partial charge in [0.05, 0.1) is 6.04 Å². The number of ether oxygens (including phenoxy) is 1. The Hall–Kier alpha value is -1.54. The van der Waals surface area contributed by atoms with Crippen molar-refractivity contribution >= 4 is 30.3 Å². The smallest absolute Gasteiger partial charge is 0.411 e. The largest absolute Gasteiger partial charge is 0.444 e. The summed E-state index contributed by atoms with van der Waals surface area (Å²) in [5.41, 5.74) is 9.83. The molecule has 2 heterocycles. The van der Waals surface area contributed by atoms with Crippen molar-refractivity contribution in [2.45, 2.75) is 76.2 Å². The Labute approximate surface area is 161 Å². The lowest BCUT2D eigenvalue weighted by atomic mass is 10.1. The molecule has 150 valence electrons. The van der Waals surface area contributed by atoms with Gasteiger partial charge in [-0.3, -0.25) is 14.5 Å². The van der Waals surface area contributed by atoms with Gasteiger partial charge in [0, 0.05) is 13.5 Å². The molecule has 2 saturated carbocycles. The number of nitrogens with two attached hydrogens (primary N) is 2. The summed E-state index contributed by atoms with van der Waals surface area (Å²) in [7, 11) is 0. The Balaban J connectivity index is 0.000000284. The molecule has 5 N–H and O–H groups in total. The van der Waals surface area contributed by atoms with Crippen molar-refractivity contribution in [2.75, 3.05) is 0 Å². The first-order valence-electron chi connectivity index (χ1n) is 8.93. The lowest BCUT2D eigenvalue weighted by Crippen LogP contribution is -2.47. The van der Waals surface area contributed by atoms with Crippen LogP contribution >= 0.6 is 12.4 Å². The average Bonchev–Trinajstić information content (AvgIpc) is 3.33. The van der Waals surface area contributed by atoms with Crippen molar-refractivity contribution < 1.29 is 20.5 Å². The van der Waals surface area contributed by atoms with E-state index in [9.17, 15) is 14.4 Å². The fourth-order valence-electron chi connectivity index (χ4n) is 3.83. The molecule has 2 aliphatic carbocycles. The van der Waals surface area contributed by atoms with Crippen LogP contribution in [0, 0.1) is 11.8 Å². The molecule has 4 aliphatic rings. The van der Waals surface area contributed by atoms with Gasteiger partial charge < -0.3 is 21.5 Å². The Morgan fingerprint density at radius 1 is 1.04 bits per heavy atom. The Bertz CT molecular complexity index is 590. The van der Waals surface area contributed by atoms with Gasteiger partial charge in [0.15, 0.2) is 0 Å². The van der Waals surface area contributed by atoms with E-state index in [0.29, 0.717) is 18.4 Å². The molecule has 0 aromatic heterocycles. The van der Waals surface area contributed by atoms with Crippen LogP contribution in [0.2, 0.25) is 0 Å². The van der Waals surface area contributed by atoms with Crippen molar-refractivity contribution in [1.82, 2.24) is 10.2 Å². The van der Waals surface area contributed by atoms with Crippen LogP contribution in [0.4, 0.5) is 4.79 Å². The predicted octanol–water partition coefficient (Wildman–Crippen LogP) is 0.760. The first-order chi connectivity index (χ1) is 11.6. The SMILES string of the molecule is CC(C)(C)OC(=O)N1[C@H](C(N)=O)C[C@@H]2C[C@@H]21.Cl.NC(=O)[C@@H]1C[C@@H]2C[C@@H]2N1.[HH]. The molecule has 2 saturated heterocycles. The van der Waals surface area contributed by atoms with E-state index in [1.54, 1.807) is 0 Å². The van der Waals surface area contributed by atoms with Gasteiger partial charge in [-0.1, -0.05) is 0 Å². The molecular weight excluding hydrogens is 360 g/mol. The molecule has 2 aliphatic heterocycles. The molecule has 6 atom stereocenters. The molecule has 4 rings (SSSR count). The molecule has 26 heavy (non-hydrogen) atoms. The minimum absolute atomic E-state index is 0. The van der Waals surface area contributed by atoms with Gasteiger partial charge in [-0.15, -0.1) is 12.4 Å². The van der Waals surface area contributed by atoms with Gasteiger partial charge in [0.2, 0.25) is 11.8 Å². The van der Waals surface area contributed by atoms with Crippen LogP contribution in [0.15, 0.2) is 0 Å². The van der Waals surface area contributed by atoms with E-state index in [-0.39, 0.29) is 31.8 Å². The zero-order chi connectivity index (χ0) is 18.5. The second-order valence-corrected chi connectivity index (χ2v) is 8.56. The van der Waals surface area contributed by atoms with Gasteiger partial charge >= 0.3 is 6.09 Å². The van der Waals surface area contributed by atoms with Crippen LogP contribution in [0.1, 0.15) is 47.9 Å². The average molecular weight is 391 g/mol. The molecule has 0 aromatic carbocycles. The van der Waals surface area contributed by atoms with Crippen LogP contribution in [-0.2, 0) is 14.3 Å². The lowest BCUT2D eigenvalue weighted by Gasteiger charge is -2.28. The number of fused-ring (bicyclic) bond motifs is 2. The van der Waals surface area contributed by atoms with Crippen molar-refractivity contribution in [3.05, 3.63) is 0 Å². The Morgan fingerprint density at radius 3 is 2.12 bits per heavy atom. The minimum atomic E-state index is -0.535. The van der Waals surface area contributed by atoms with E-state index in [1.807, 2.05) is 20.8 Å². The van der Waals surface area contributed by atoms with Crippen molar-refractivity contribution in [1.29, 1.82) is 0 Å². The standard InChI is InChI=1S/C11H18N2O3.C6H10N2O.ClH.H2/c1-11(2,3)16-10(15)13-7-4-6(7)5-8(13)9(12)14;7-6(9)5-2-3-1-4(3)8-5;;/h6-8H,4-5H2,1-3H3,(H2,12,14);3-5,8H,1-2H2,(H2,7,9);2*1H/t6-,7-,8-;3-,4-,5-;;/m00../s1. The number of halogens is 1. The zero-order valence-corrected chi connectivity index (χ0v) is 16.3. The second-order valence-electron chi connectivity index (χ2n) is 8.56. The summed E-state index contributed by atoms with van der Waals surface area (Å²) in [6, 6.07) is 0.308. The minimum Gasteiger partial charge on any atom is -0.444 e. The summed E-state index contributed by atoms with van der Waals surface area (Å²) in [6.45, 7) is 5.43. The highest BCUT2D eigenvalue weighted by atomic mass is 35.5. The summed E-state index contributed by atoms with van der Waals surface area (Å²) in [5.74, 6) is 0.591. The first kappa shape index (κ1) is 20.8. The number of nitrogens with one attached hydrogen (secondary N) is 1. The maximum absolute atomic E-state index is 11.9. The summed E-state index contributed by atoms with van der Waals surface area (Å²) in [5, 5.41) is 3.15. The van der Waals surface area contributed by atoms with Crippen molar-refractivity contribution in [2.24, 2.45) is 23.3 Å². The third-order valence-corrected chi connectivity index (χ3v) is 5.26. The number of carbonyl (C=O) groups excluding carboxylic acids is 3. The highest BCUT2D eigenvalue weighted by Gasteiger charge is 2.56. The maximum Gasteiger partial charge on any atom is 0.411 e. The van der Waals surface area contributed by atoms with Gasteiger partial charge in [0.25, 0.3) is 0 Å². The summed E-state index contributed by atoms with van der Waals surface area (Å²) < 4.78 is 5.28. The van der Waals surface area contributed by atoms with Gasteiger partial charge in [-0.25, -0.2) is 4.79 Å². The summed E-state index contributed by atoms with van der Waals surface area (Å²) in [6.07, 6.45) is 3.48. The lowest BCUT2D eigenvalue weighted by molar-refractivity contribution is -0.123. The Morgan fingerprint density at radius 2 is 1.69 bits per heavy atom. The number of hydrogen-bond acceptors (Lipinski definition) is 5. The normalized spacial score (nSPS) is 35.9. The van der Waals surface area contributed by atoms with Crippen LogP contribution in [0.25, 0.3) is 0 Å². The highest BCUT2D eigenvalue weighted by molar-refractivity contribution is 5.86. The topological polar surface area (TPSA) is 128 Å². The monoisotopic (exact) mass is 390 g/mol. The number of rotatable bonds is 2. The van der Waals surface area contributed by atoms with Crippen LogP contribution in [-0.4, -0.2) is 52.6 Å². The summed E-state index contributed by atoms with van der Waals surface area (Å²) in [4.78, 5) is 35.2. The highest BCUT2D eigenvalue weighted by Crippen LogP contribution is 2.48. The van der Waals surface area contributed by atoms with Gasteiger partial charge in [0.1, 0.15) is 11.6 Å². The third-order valence-electron chi connectivity index (χ3n) is 5.26. The summed E-state index contributed by atoms with van der Waals surface area (Å²) >= 11 is 0. The molecular formula is C17H31ClN4O4. The number of hydrogen-bond donors (Lipinski definition) is 3. The van der Waals surface area contributed by atoms with E-state index in [0.717, 1.165) is 18.8 Å². The van der Waals surface area contributed by atoms with E-state index in [2.05, 4.69) is 5.32 Å². The number of likely N-dealkylation sites (tertiary alicyclic amines) is 1. The van der Waals surface area contributed by atoms with E-state index < -0.39 is 23.6 Å². The van der Waals surface area contributed by atoms with Crippen LogP contribution in [0.3, 0.4) is 0 Å². The second kappa shape index (κ2) is 7.23. The molecule has 3 amide bonds. The molecule has 8 nitrogen and oxygen atoms in total. The number of carbonyl (C=O) groups is 3. The fourth-order valence-corrected chi connectivity index (χ4v) is 3.83. The molecule has 4 fully saturated rings. The molecule has 0 unspecified atom stereocenters. The maximum atomic E-state index is 11.9. The van der Waals surface area contributed by atoms with Crippen LogP contribution in [0.5, 0.6) is 0 Å². The van der Waals surface area contributed by atoms with Gasteiger partial charge in [-0.05, 0) is 58.3 Å². The number of nitrogens with zero attached hydrogens (tertiary/aromatic N) is 1. The van der Waals surface area contributed by atoms with Crippen molar-refractivity contribution in [3.8, 4) is 0 Å². The molecule has 0 radical (unpaired) electrons. The zero-order valence-electron chi connectivity index (χ0n) is 15.4. The van der Waals surface area contributed by atoms with E-state index in [1.165, 1.54) is 11.3 Å².